The Hall–Kier alpha value is 0.144. The molecular weight excluding hydrogens is 111 g/mol. The molecule has 0 aromatic carbocycles. The van der Waals surface area contributed by atoms with Crippen molar-refractivity contribution in [1.82, 2.24) is 0 Å². The van der Waals surface area contributed by atoms with Crippen LogP contribution in [0.1, 0.15) is 0 Å². The molecule has 0 unspecified atom stereocenters. The normalized spacial score (nSPS) is 2.80. The van der Waals surface area contributed by atoms with Crippen molar-refractivity contribution in [3.05, 3.63) is 0 Å². The Balaban J connectivity index is 0. The summed E-state index contributed by atoms with van der Waals surface area (Å²) in [6.45, 7) is 0. The van der Waals surface area contributed by atoms with Gasteiger partial charge in [0.2, 0.25) is 0 Å². The van der Waals surface area contributed by atoms with Gasteiger partial charge < -0.3 is 5.11 Å². The molecule has 31 valence electrons. The summed E-state index contributed by atoms with van der Waals surface area (Å²) < 4.78 is 16.9. The number of rotatable bonds is 0. The summed E-state index contributed by atoms with van der Waals surface area (Å²) in [6.07, 6.45) is 0. The SMILES string of the molecule is CO.[O]=[V]=[O]. The molecule has 0 radical (unpaired) electrons. The number of hydrogen-bond acceptors (Lipinski definition) is 3. The zero-order valence-electron chi connectivity index (χ0n) is 2.71. The van der Waals surface area contributed by atoms with E-state index >= 15 is 0 Å². The molecule has 0 amide bonds. The summed E-state index contributed by atoms with van der Waals surface area (Å²) in [6, 6.07) is 0. The van der Waals surface area contributed by atoms with Crippen molar-refractivity contribution in [2.24, 2.45) is 0 Å². The first-order valence-electron chi connectivity index (χ1n) is 0.812. The number of aliphatic hydroxyl groups excluding tert-OH is 1. The summed E-state index contributed by atoms with van der Waals surface area (Å²) in [5.41, 5.74) is 0. The molecule has 0 saturated carbocycles. The second kappa shape index (κ2) is 31.3. The molecule has 0 saturated heterocycles. The van der Waals surface area contributed by atoms with Gasteiger partial charge in [0.05, 0.1) is 0 Å². The molecule has 0 aromatic heterocycles. The predicted octanol–water partition coefficient (Wildman–Crippen LogP) is -0.632. The van der Waals surface area contributed by atoms with E-state index in [1.807, 2.05) is 0 Å². The van der Waals surface area contributed by atoms with E-state index in [0.29, 0.717) is 0 Å². The van der Waals surface area contributed by atoms with Gasteiger partial charge in [0.15, 0.2) is 0 Å². The van der Waals surface area contributed by atoms with E-state index in [1.165, 1.54) is 0 Å². The summed E-state index contributed by atoms with van der Waals surface area (Å²) in [4.78, 5) is 0. The summed E-state index contributed by atoms with van der Waals surface area (Å²) >= 11 is -1.81. The molecule has 0 spiro atoms. The molecule has 0 aliphatic heterocycles. The first kappa shape index (κ1) is 8.94. The summed E-state index contributed by atoms with van der Waals surface area (Å²) in [5, 5.41) is 7.00. The molecule has 0 heterocycles. The molecule has 0 atom stereocenters. The van der Waals surface area contributed by atoms with Crippen LogP contribution in [0.15, 0.2) is 0 Å². The van der Waals surface area contributed by atoms with E-state index in [-0.39, 0.29) is 0 Å². The van der Waals surface area contributed by atoms with Crippen molar-refractivity contribution in [3.63, 3.8) is 0 Å². The average molecular weight is 115 g/mol. The van der Waals surface area contributed by atoms with Crippen molar-refractivity contribution >= 4 is 0 Å². The Morgan fingerprint density at radius 1 is 1.40 bits per heavy atom. The van der Waals surface area contributed by atoms with Gasteiger partial charge in [-0.1, -0.05) is 0 Å². The maximum atomic E-state index is 8.47. The summed E-state index contributed by atoms with van der Waals surface area (Å²) in [5.74, 6) is 0. The Kier molecular flexibility index (Phi) is 55.9. The third-order valence-electron chi connectivity index (χ3n) is 0. The monoisotopic (exact) mass is 115 g/mol. The van der Waals surface area contributed by atoms with Crippen LogP contribution in [-0.4, -0.2) is 12.2 Å². The molecule has 0 aliphatic carbocycles. The molecule has 0 bridgehead atoms. The molecule has 0 fully saturated rings. The Morgan fingerprint density at radius 3 is 1.40 bits per heavy atom. The van der Waals surface area contributed by atoms with Crippen LogP contribution >= 0.6 is 0 Å². The van der Waals surface area contributed by atoms with Gasteiger partial charge in [0.1, 0.15) is 0 Å². The van der Waals surface area contributed by atoms with Crippen LogP contribution in [-0.2, 0) is 23.5 Å². The van der Waals surface area contributed by atoms with Crippen LogP contribution in [0.5, 0.6) is 0 Å². The standard InChI is InChI=1S/CH4O.2O.V/c1-2;;;/h2H,1H3;;;. The first-order valence-corrected chi connectivity index (χ1v) is 1.95. The molecule has 1 N–H and O–H groups in total. The van der Waals surface area contributed by atoms with Crippen LogP contribution in [0.25, 0.3) is 0 Å². The van der Waals surface area contributed by atoms with Crippen molar-refractivity contribution < 1.29 is 28.6 Å². The van der Waals surface area contributed by atoms with Crippen LogP contribution in [0.2, 0.25) is 0 Å². The zero-order chi connectivity index (χ0) is 4.71. The Labute approximate surface area is 36.5 Å². The number of aliphatic hydroxyl groups is 1. The molecule has 5 heavy (non-hydrogen) atoms. The molecule has 4 heteroatoms. The molecular formula is CH4O3V. The topological polar surface area (TPSA) is 54.4 Å². The minimum absolute atomic E-state index is 1.00. The van der Waals surface area contributed by atoms with Gasteiger partial charge in [-0.2, -0.15) is 0 Å². The maximum absolute atomic E-state index is 8.47. The average Bonchev–Trinajstić information content (AvgIpc) is 1.46. The van der Waals surface area contributed by atoms with Crippen LogP contribution in [0, 0.1) is 0 Å². The van der Waals surface area contributed by atoms with Gasteiger partial charge in [0, 0.05) is 7.11 Å². The molecule has 0 aromatic rings. The second-order valence-electron chi connectivity index (χ2n) is 0.0745. The number of hydrogen-bond donors (Lipinski definition) is 1. The van der Waals surface area contributed by atoms with E-state index in [1.54, 1.807) is 0 Å². The van der Waals surface area contributed by atoms with Gasteiger partial charge in [-0.15, -0.1) is 0 Å². The molecule has 0 aliphatic rings. The minimum atomic E-state index is -1.81. The third kappa shape index (κ3) is 914. The van der Waals surface area contributed by atoms with Gasteiger partial charge in [0.25, 0.3) is 0 Å². The van der Waals surface area contributed by atoms with E-state index in [2.05, 4.69) is 0 Å². The van der Waals surface area contributed by atoms with Crippen LogP contribution < -0.4 is 0 Å². The van der Waals surface area contributed by atoms with Crippen LogP contribution in [0.3, 0.4) is 0 Å². The van der Waals surface area contributed by atoms with Crippen LogP contribution in [0.4, 0.5) is 0 Å². The van der Waals surface area contributed by atoms with Gasteiger partial charge in [-0.05, 0) is 0 Å². The van der Waals surface area contributed by atoms with E-state index in [0.717, 1.165) is 7.11 Å². The quantitative estimate of drug-likeness (QED) is 0.457. The van der Waals surface area contributed by atoms with Crippen molar-refractivity contribution in [2.45, 2.75) is 0 Å². The fourth-order valence-electron chi connectivity index (χ4n) is 0. The predicted molar refractivity (Wildman–Crippen MR) is 9.52 cm³/mol. The summed E-state index contributed by atoms with van der Waals surface area (Å²) in [7, 11) is 1.00. The molecule has 3 nitrogen and oxygen atoms in total. The fraction of sp³-hybridized carbons (Fsp3) is 1.00. The van der Waals surface area contributed by atoms with E-state index < -0.39 is 16.2 Å². The Bertz CT molecular complexity index is 27.9. The van der Waals surface area contributed by atoms with Crippen molar-refractivity contribution in [2.75, 3.05) is 7.11 Å². The van der Waals surface area contributed by atoms with Gasteiger partial charge >= 0.3 is 23.5 Å². The molecule has 0 rings (SSSR count). The van der Waals surface area contributed by atoms with E-state index in [9.17, 15) is 0 Å². The fourth-order valence-corrected chi connectivity index (χ4v) is 0. The third-order valence-corrected chi connectivity index (χ3v) is 0. The van der Waals surface area contributed by atoms with Crippen molar-refractivity contribution in [1.29, 1.82) is 0 Å². The van der Waals surface area contributed by atoms with E-state index in [4.69, 9.17) is 12.5 Å². The first-order chi connectivity index (χ1) is 2.41. The van der Waals surface area contributed by atoms with Crippen molar-refractivity contribution in [3.8, 4) is 0 Å². The Morgan fingerprint density at radius 2 is 1.40 bits per heavy atom. The van der Waals surface area contributed by atoms with Gasteiger partial charge in [-0.3, -0.25) is 0 Å². The second-order valence-corrected chi connectivity index (χ2v) is 0.307. The van der Waals surface area contributed by atoms with Gasteiger partial charge in [-0.25, -0.2) is 0 Å². The zero-order valence-corrected chi connectivity index (χ0v) is 4.11.